The van der Waals surface area contributed by atoms with Gasteiger partial charge in [0.15, 0.2) is 21.3 Å². The summed E-state index contributed by atoms with van der Waals surface area (Å²) in [4.78, 5) is 2.44. The van der Waals surface area contributed by atoms with Crippen LogP contribution in [0.3, 0.4) is 0 Å². The third-order valence-electron chi connectivity index (χ3n) is 4.15. The molecule has 2 rings (SSSR count). The smallest absolute Gasteiger partial charge is 0.179 e. The number of hydrogen-bond acceptors (Lipinski definition) is 5. The first-order valence-corrected chi connectivity index (χ1v) is 10.8. The lowest BCUT2D eigenvalue weighted by Crippen LogP contribution is -2.29. The Morgan fingerprint density at radius 2 is 1.65 bits per heavy atom. The molecule has 2 aromatic rings. The van der Waals surface area contributed by atoms with Crippen molar-refractivity contribution in [2.75, 3.05) is 33.1 Å². The lowest BCUT2D eigenvalue weighted by molar-refractivity contribution is 0.295. The fourth-order valence-corrected chi connectivity index (χ4v) is 4.14. The van der Waals surface area contributed by atoms with Gasteiger partial charge in [0, 0.05) is 17.6 Å². The van der Waals surface area contributed by atoms with Crippen LogP contribution >= 0.6 is 15.9 Å². The number of hydrogen-bond donors (Lipinski definition) is 0. The Morgan fingerprint density at radius 3 is 2.23 bits per heavy atom. The summed E-state index contributed by atoms with van der Waals surface area (Å²) < 4.78 is 36.5. The van der Waals surface area contributed by atoms with E-state index in [-0.39, 0.29) is 5.75 Å². The number of benzene rings is 2. The van der Waals surface area contributed by atoms with Crippen LogP contribution in [0.1, 0.15) is 12.5 Å². The summed E-state index contributed by atoms with van der Waals surface area (Å²) in [5, 5.41) is 0. The summed E-state index contributed by atoms with van der Waals surface area (Å²) in [5.41, 5.74) is 1.05. The minimum absolute atomic E-state index is 0.0791. The maximum absolute atomic E-state index is 12.5. The van der Waals surface area contributed by atoms with Crippen molar-refractivity contribution in [1.82, 2.24) is 4.90 Å². The fourth-order valence-electron chi connectivity index (χ4n) is 2.60. The van der Waals surface area contributed by atoms with Gasteiger partial charge in [-0.1, -0.05) is 28.9 Å². The molecule has 0 spiro atoms. The van der Waals surface area contributed by atoms with E-state index in [0.29, 0.717) is 29.5 Å². The highest BCUT2D eigenvalue weighted by Crippen LogP contribution is 2.28. The average Bonchev–Trinajstić information content (AvgIpc) is 2.65. The van der Waals surface area contributed by atoms with Crippen molar-refractivity contribution in [2.45, 2.75) is 18.4 Å². The van der Waals surface area contributed by atoms with E-state index in [1.807, 2.05) is 25.1 Å². The Labute approximate surface area is 164 Å². The molecule has 142 valence electrons. The standard InChI is InChI=1S/C19H24BrNO4S/c1-4-21(14-15-5-10-18(24-2)19(13-15)25-3)11-12-26(22,23)17-8-6-16(20)7-9-17/h5-10,13H,4,11-12,14H2,1-3H3. The second kappa shape index (κ2) is 9.39. The van der Waals surface area contributed by atoms with Crippen LogP contribution in [0.25, 0.3) is 0 Å². The maximum atomic E-state index is 12.5. The van der Waals surface area contributed by atoms with Gasteiger partial charge in [-0.25, -0.2) is 8.42 Å². The molecule has 0 amide bonds. The van der Waals surface area contributed by atoms with Crippen LogP contribution in [0.5, 0.6) is 11.5 Å². The van der Waals surface area contributed by atoms with E-state index in [9.17, 15) is 8.42 Å². The number of ether oxygens (including phenoxy) is 2. The van der Waals surface area contributed by atoms with Crippen LogP contribution in [0.4, 0.5) is 0 Å². The van der Waals surface area contributed by atoms with Crippen LogP contribution in [-0.2, 0) is 16.4 Å². The van der Waals surface area contributed by atoms with Gasteiger partial charge in [0.05, 0.1) is 24.9 Å². The van der Waals surface area contributed by atoms with Crippen molar-refractivity contribution < 1.29 is 17.9 Å². The highest BCUT2D eigenvalue weighted by Gasteiger charge is 2.16. The van der Waals surface area contributed by atoms with E-state index < -0.39 is 9.84 Å². The average molecular weight is 442 g/mol. The SMILES string of the molecule is CCN(CCS(=O)(=O)c1ccc(Br)cc1)Cc1ccc(OC)c(OC)c1. The summed E-state index contributed by atoms with van der Waals surface area (Å²) >= 11 is 3.32. The van der Waals surface area contributed by atoms with Crippen molar-refractivity contribution in [3.8, 4) is 11.5 Å². The minimum Gasteiger partial charge on any atom is -0.493 e. The summed E-state index contributed by atoms with van der Waals surface area (Å²) in [6.45, 7) is 3.88. The molecular formula is C19H24BrNO4S. The van der Waals surface area contributed by atoms with E-state index >= 15 is 0 Å². The lowest BCUT2D eigenvalue weighted by Gasteiger charge is -2.21. The first-order chi connectivity index (χ1) is 12.4. The van der Waals surface area contributed by atoms with E-state index in [1.165, 1.54) is 0 Å². The van der Waals surface area contributed by atoms with E-state index in [2.05, 4.69) is 20.8 Å². The molecule has 0 unspecified atom stereocenters. The first kappa shape index (κ1) is 20.7. The van der Waals surface area contributed by atoms with Crippen LogP contribution in [-0.4, -0.2) is 46.4 Å². The van der Waals surface area contributed by atoms with Gasteiger partial charge in [-0.05, 0) is 48.5 Å². The number of rotatable bonds is 9. The van der Waals surface area contributed by atoms with Crippen molar-refractivity contribution in [3.63, 3.8) is 0 Å². The Bertz CT molecular complexity index is 822. The Morgan fingerprint density at radius 1 is 1.00 bits per heavy atom. The van der Waals surface area contributed by atoms with Gasteiger partial charge in [-0.2, -0.15) is 0 Å². The molecule has 2 aromatic carbocycles. The summed E-state index contributed by atoms with van der Waals surface area (Å²) in [6, 6.07) is 12.5. The van der Waals surface area contributed by atoms with Gasteiger partial charge in [0.2, 0.25) is 0 Å². The minimum atomic E-state index is -3.31. The van der Waals surface area contributed by atoms with E-state index in [1.54, 1.807) is 38.5 Å². The lowest BCUT2D eigenvalue weighted by atomic mass is 10.2. The number of halogens is 1. The summed E-state index contributed by atoms with van der Waals surface area (Å²) in [7, 11) is -0.104. The predicted molar refractivity (Wildman–Crippen MR) is 107 cm³/mol. The summed E-state index contributed by atoms with van der Waals surface area (Å²) in [6.07, 6.45) is 0. The predicted octanol–water partition coefficient (Wildman–Crippen LogP) is 3.76. The van der Waals surface area contributed by atoms with E-state index in [0.717, 1.165) is 16.6 Å². The zero-order chi connectivity index (χ0) is 19.2. The monoisotopic (exact) mass is 441 g/mol. The van der Waals surface area contributed by atoms with Gasteiger partial charge in [-0.3, -0.25) is 4.90 Å². The molecule has 0 fully saturated rings. The maximum Gasteiger partial charge on any atom is 0.179 e. The Hall–Kier alpha value is -1.57. The molecule has 0 N–H and O–H groups in total. The van der Waals surface area contributed by atoms with Gasteiger partial charge >= 0.3 is 0 Å². The van der Waals surface area contributed by atoms with Crippen LogP contribution < -0.4 is 9.47 Å². The molecule has 0 radical (unpaired) electrons. The molecular weight excluding hydrogens is 418 g/mol. The fraction of sp³-hybridized carbons (Fsp3) is 0.368. The molecule has 0 bridgehead atoms. The molecule has 0 heterocycles. The highest BCUT2D eigenvalue weighted by atomic mass is 79.9. The van der Waals surface area contributed by atoms with Crippen molar-refractivity contribution in [2.24, 2.45) is 0 Å². The molecule has 0 saturated carbocycles. The quantitative estimate of drug-likeness (QED) is 0.592. The second-order valence-electron chi connectivity index (χ2n) is 5.83. The normalized spacial score (nSPS) is 11.6. The highest BCUT2D eigenvalue weighted by molar-refractivity contribution is 9.10. The molecule has 7 heteroatoms. The zero-order valence-electron chi connectivity index (χ0n) is 15.2. The molecule has 0 saturated heterocycles. The van der Waals surface area contributed by atoms with Gasteiger partial charge in [0.1, 0.15) is 0 Å². The topological polar surface area (TPSA) is 55.8 Å². The second-order valence-corrected chi connectivity index (χ2v) is 8.86. The largest absolute Gasteiger partial charge is 0.493 e. The summed E-state index contributed by atoms with van der Waals surface area (Å²) in [5.74, 6) is 1.43. The van der Waals surface area contributed by atoms with Crippen LogP contribution in [0.2, 0.25) is 0 Å². The molecule has 0 atom stereocenters. The van der Waals surface area contributed by atoms with E-state index in [4.69, 9.17) is 9.47 Å². The van der Waals surface area contributed by atoms with Gasteiger partial charge < -0.3 is 9.47 Å². The first-order valence-electron chi connectivity index (χ1n) is 8.31. The Kier molecular flexibility index (Phi) is 7.49. The van der Waals surface area contributed by atoms with Crippen molar-refractivity contribution in [1.29, 1.82) is 0 Å². The number of nitrogens with zero attached hydrogens (tertiary/aromatic N) is 1. The van der Waals surface area contributed by atoms with Crippen molar-refractivity contribution >= 4 is 25.8 Å². The zero-order valence-corrected chi connectivity index (χ0v) is 17.6. The third-order valence-corrected chi connectivity index (χ3v) is 6.39. The number of sulfone groups is 1. The number of methoxy groups -OCH3 is 2. The van der Waals surface area contributed by atoms with Gasteiger partial charge in [0.25, 0.3) is 0 Å². The Balaban J connectivity index is 2.04. The van der Waals surface area contributed by atoms with Crippen LogP contribution in [0.15, 0.2) is 51.8 Å². The van der Waals surface area contributed by atoms with Gasteiger partial charge in [-0.15, -0.1) is 0 Å². The molecule has 0 aliphatic rings. The van der Waals surface area contributed by atoms with Crippen molar-refractivity contribution in [3.05, 3.63) is 52.5 Å². The molecule has 0 aromatic heterocycles. The third kappa shape index (κ3) is 5.46. The molecule has 0 aliphatic carbocycles. The molecule has 5 nitrogen and oxygen atoms in total. The molecule has 0 aliphatic heterocycles. The van der Waals surface area contributed by atoms with Crippen LogP contribution in [0, 0.1) is 0 Å². The molecule has 26 heavy (non-hydrogen) atoms.